The second kappa shape index (κ2) is 9.01. The third-order valence-electron chi connectivity index (χ3n) is 4.10. The van der Waals surface area contributed by atoms with E-state index in [2.05, 4.69) is 10.6 Å². The molecule has 0 atom stereocenters. The molecular formula is C23H22N2O5S. The lowest BCUT2D eigenvalue weighted by Crippen LogP contribution is -2.27. The molecule has 3 rings (SSSR count). The second-order valence-electron chi connectivity index (χ2n) is 7.70. The van der Waals surface area contributed by atoms with Crippen LogP contribution >= 0.6 is 11.3 Å². The van der Waals surface area contributed by atoms with Crippen LogP contribution in [0.4, 0.5) is 16.2 Å². The molecule has 0 aliphatic carbocycles. The average Bonchev–Trinajstić information content (AvgIpc) is 3.22. The maximum Gasteiger partial charge on any atom is 0.412 e. The molecule has 8 heteroatoms. The third kappa shape index (κ3) is 5.93. The van der Waals surface area contributed by atoms with Gasteiger partial charge < -0.3 is 15.2 Å². The lowest BCUT2D eigenvalue weighted by Gasteiger charge is -2.21. The van der Waals surface area contributed by atoms with E-state index >= 15 is 0 Å². The van der Waals surface area contributed by atoms with E-state index in [1.54, 1.807) is 44.2 Å². The van der Waals surface area contributed by atoms with E-state index in [1.807, 2.05) is 23.6 Å². The molecule has 2 aromatic carbocycles. The van der Waals surface area contributed by atoms with Crippen LogP contribution in [0.5, 0.6) is 0 Å². The average molecular weight is 439 g/mol. The van der Waals surface area contributed by atoms with E-state index in [0.29, 0.717) is 11.4 Å². The molecule has 0 spiro atoms. The Balaban J connectivity index is 1.89. The van der Waals surface area contributed by atoms with E-state index < -0.39 is 23.6 Å². The van der Waals surface area contributed by atoms with Gasteiger partial charge in [-0.2, -0.15) is 0 Å². The number of carboxylic acid groups (broad SMARTS) is 1. The molecule has 0 bridgehead atoms. The number of rotatable bonds is 5. The van der Waals surface area contributed by atoms with Gasteiger partial charge in [0.05, 0.1) is 16.9 Å². The van der Waals surface area contributed by atoms with Gasteiger partial charge in [-0.05, 0) is 74.2 Å². The molecule has 0 radical (unpaired) electrons. The van der Waals surface area contributed by atoms with Gasteiger partial charge >= 0.3 is 12.1 Å². The SMILES string of the molecule is CC(C)(C)OC(=O)Nc1ccc(-c2cccs2)cc1NC(=O)c1ccc(C(=O)O)cc1. The number of carboxylic acids is 1. The minimum atomic E-state index is -1.07. The zero-order valence-corrected chi connectivity index (χ0v) is 18.1. The summed E-state index contributed by atoms with van der Waals surface area (Å²) in [4.78, 5) is 37.0. The van der Waals surface area contributed by atoms with Crippen LogP contribution in [0.15, 0.2) is 60.0 Å². The molecule has 2 amide bonds. The minimum absolute atomic E-state index is 0.0866. The molecule has 0 fully saturated rings. The summed E-state index contributed by atoms with van der Waals surface area (Å²) in [5.41, 5.74) is 1.35. The Labute approximate surface area is 183 Å². The molecule has 0 saturated heterocycles. The fraction of sp³-hybridized carbons (Fsp3) is 0.174. The van der Waals surface area contributed by atoms with Crippen LogP contribution < -0.4 is 10.6 Å². The van der Waals surface area contributed by atoms with Gasteiger partial charge in [-0.25, -0.2) is 9.59 Å². The summed E-state index contributed by atoms with van der Waals surface area (Å²) in [7, 11) is 0. The molecule has 1 aromatic heterocycles. The zero-order valence-electron chi connectivity index (χ0n) is 17.3. The van der Waals surface area contributed by atoms with Crippen LogP contribution in [-0.4, -0.2) is 28.7 Å². The van der Waals surface area contributed by atoms with Crippen LogP contribution in [0, 0.1) is 0 Å². The first-order valence-corrected chi connectivity index (χ1v) is 10.3. The summed E-state index contributed by atoms with van der Waals surface area (Å²) in [5, 5.41) is 16.4. The van der Waals surface area contributed by atoms with Gasteiger partial charge in [0.2, 0.25) is 0 Å². The number of amides is 2. The molecule has 1 heterocycles. The Morgan fingerprint density at radius 2 is 1.58 bits per heavy atom. The molecule has 3 N–H and O–H groups in total. The molecule has 3 aromatic rings. The number of hydrogen-bond donors (Lipinski definition) is 3. The quantitative estimate of drug-likeness (QED) is 0.473. The van der Waals surface area contributed by atoms with Gasteiger partial charge in [0.15, 0.2) is 0 Å². The summed E-state index contributed by atoms with van der Waals surface area (Å²) in [6, 6.07) is 14.8. The fourth-order valence-electron chi connectivity index (χ4n) is 2.72. The number of ether oxygens (including phenoxy) is 1. The molecule has 7 nitrogen and oxygen atoms in total. The highest BCUT2D eigenvalue weighted by Gasteiger charge is 2.19. The number of carbonyl (C=O) groups is 3. The highest BCUT2D eigenvalue weighted by molar-refractivity contribution is 7.13. The van der Waals surface area contributed by atoms with E-state index in [-0.39, 0.29) is 11.1 Å². The van der Waals surface area contributed by atoms with Crippen molar-refractivity contribution in [3.8, 4) is 10.4 Å². The van der Waals surface area contributed by atoms with Crippen molar-refractivity contribution < 1.29 is 24.2 Å². The number of carbonyl (C=O) groups excluding carboxylic acids is 2. The van der Waals surface area contributed by atoms with Crippen LogP contribution in [0.3, 0.4) is 0 Å². The van der Waals surface area contributed by atoms with Gasteiger partial charge in [-0.15, -0.1) is 11.3 Å². The first-order chi connectivity index (χ1) is 14.6. The number of benzene rings is 2. The summed E-state index contributed by atoms with van der Waals surface area (Å²) >= 11 is 1.55. The fourth-order valence-corrected chi connectivity index (χ4v) is 3.45. The van der Waals surface area contributed by atoms with E-state index in [0.717, 1.165) is 10.4 Å². The second-order valence-corrected chi connectivity index (χ2v) is 8.65. The number of anilines is 2. The minimum Gasteiger partial charge on any atom is -0.478 e. The first-order valence-electron chi connectivity index (χ1n) is 9.45. The molecule has 160 valence electrons. The summed E-state index contributed by atoms with van der Waals surface area (Å²) < 4.78 is 5.31. The highest BCUT2D eigenvalue weighted by Crippen LogP contribution is 2.32. The van der Waals surface area contributed by atoms with Crippen molar-refractivity contribution in [2.45, 2.75) is 26.4 Å². The largest absolute Gasteiger partial charge is 0.478 e. The highest BCUT2D eigenvalue weighted by atomic mass is 32.1. The van der Waals surface area contributed by atoms with Crippen molar-refractivity contribution in [3.05, 3.63) is 71.1 Å². The monoisotopic (exact) mass is 438 g/mol. The van der Waals surface area contributed by atoms with Crippen molar-refractivity contribution in [2.24, 2.45) is 0 Å². The van der Waals surface area contributed by atoms with Crippen molar-refractivity contribution in [1.29, 1.82) is 0 Å². The Morgan fingerprint density at radius 3 is 2.16 bits per heavy atom. The van der Waals surface area contributed by atoms with E-state index in [9.17, 15) is 14.4 Å². The molecule has 0 aliphatic heterocycles. The van der Waals surface area contributed by atoms with E-state index in [1.165, 1.54) is 24.3 Å². The Morgan fingerprint density at radius 1 is 0.903 bits per heavy atom. The van der Waals surface area contributed by atoms with Crippen LogP contribution in [0.2, 0.25) is 0 Å². The third-order valence-corrected chi connectivity index (χ3v) is 5.02. The zero-order chi connectivity index (χ0) is 22.6. The molecule has 0 saturated carbocycles. The van der Waals surface area contributed by atoms with Crippen molar-refractivity contribution in [2.75, 3.05) is 10.6 Å². The smallest absolute Gasteiger partial charge is 0.412 e. The maximum atomic E-state index is 12.8. The predicted octanol–water partition coefficient (Wildman–Crippen LogP) is 5.71. The first kappa shape index (κ1) is 22.0. The number of nitrogens with one attached hydrogen (secondary N) is 2. The molecule has 31 heavy (non-hydrogen) atoms. The van der Waals surface area contributed by atoms with Gasteiger partial charge in [0, 0.05) is 10.4 Å². The van der Waals surface area contributed by atoms with Crippen molar-refractivity contribution in [1.82, 2.24) is 0 Å². The summed E-state index contributed by atoms with van der Waals surface area (Å²) in [6.07, 6.45) is -0.641. The summed E-state index contributed by atoms with van der Waals surface area (Å²) in [6.45, 7) is 5.28. The van der Waals surface area contributed by atoms with Crippen LogP contribution in [0.25, 0.3) is 10.4 Å². The Bertz CT molecular complexity index is 1100. The summed E-state index contributed by atoms with van der Waals surface area (Å²) in [5.74, 6) is -1.51. The van der Waals surface area contributed by atoms with Gasteiger partial charge in [-0.1, -0.05) is 12.1 Å². The number of aromatic carboxylic acids is 1. The van der Waals surface area contributed by atoms with Gasteiger partial charge in [0.25, 0.3) is 5.91 Å². The topological polar surface area (TPSA) is 105 Å². The normalized spacial score (nSPS) is 10.9. The standard InChI is InChI=1S/C23H22N2O5S/c1-23(2,3)30-22(29)25-17-11-10-16(19-5-4-12-31-19)13-18(17)24-20(26)14-6-8-15(9-7-14)21(27)28/h4-13H,1-3H3,(H,24,26)(H,25,29)(H,27,28). The molecular weight excluding hydrogens is 416 g/mol. The maximum absolute atomic E-state index is 12.8. The number of thiophene rings is 1. The van der Waals surface area contributed by atoms with Crippen molar-refractivity contribution in [3.63, 3.8) is 0 Å². The van der Waals surface area contributed by atoms with Gasteiger partial charge in [0.1, 0.15) is 5.60 Å². The Hall–Kier alpha value is -3.65. The Kier molecular flexibility index (Phi) is 6.41. The number of hydrogen-bond acceptors (Lipinski definition) is 5. The van der Waals surface area contributed by atoms with Gasteiger partial charge in [-0.3, -0.25) is 10.1 Å². The lowest BCUT2D eigenvalue weighted by molar-refractivity contribution is 0.0634. The van der Waals surface area contributed by atoms with Crippen molar-refractivity contribution >= 4 is 40.7 Å². The molecule has 0 aliphatic rings. The lowest BCUT2D eigenvalue weighted by atomic mass is 10.1. The molecule has 0 unspecified atom stereocenters. The van der Waals surface area contributed by atoms with E-state index in [4.69, 9.17) is 9.84 Å². The predicted molar refractivity (Wildman–Crippen MR) is 121 cm³/mol. The van der Waals surface area contributed by atoms with Crippen LogP contribution in [-0.2, 0) is 4.74 Å². The van der Waals surface area contributed by atoms with Crippen LogP contribution in [0.1, 0.15) is 41.5 Å².